The number of benzene rings is 1. The Kier molecular flexibility index (Phi) is 7.49. The number of nitrogens with one attached hydrogen (secondary N) is 2. The number of amides is 3. The Balaban J connectivity index is 2.24. The van der Waals surface area contributed by atoms with E-state index in [9.17, 15) is 14.0 Å². The molecule has 1 rings (SSSR count). The maximum Gasteiger partial charge on any atom is 0.321 e. The topological polar surface area (TPSA) is 79.8 Å². The van der Waals surface area contributed by atoms with E-state index in [1.54, 1.807) is 12.1 Å². The summed E-state index contributed by atoms with van der Waals surface area (Å²) < 4.78 is 13.2. The average molecular weight is 295 g/mol. The Bertz CT molecular complexity index is 506. The summed E-state index contributed by atoms with van der Waals surface area (Å²) in [4.78, 5) is 27.3. The van der Waals surface area contributed by atoms with Gasteiger partial charge in [0.1, 0.15) is 5.82 Å². The molecule has 7 heteroatoms. The first-order chi connectivity index (χ1) is 10.1. The van der Waals surface area contributed by atoms with Crippen LogP contribution in [0.2, 0.25) is 0 Å². The van der Waals surface area contributed by atoms with Crippen LogP contribution in [0.25, 0.3) is 0 Å². The Morgan fingerprint density at radius 3 is 2.86 bits per heavy atom. The second-order valence-electron chi connectivity index (χ2n) is 4.19. The van der Waals surface area contributed by atoms with Crippen molar-refractivity contribution in [2.75, 3.05) is 13.2 Å². The van der Waals surface area contributed by atoms with Crippen LogP contribution in [0.4, 0.5) is 9.18 Å². The highest BCUT2D eigenvalue weighted by molar-refractivity contribution is 5.94. The van der Waals surface area contributed by atoms with Crippen LogP contribution in [0.5, 0.6) is 0 Å². The lowest BCUT2D eigenvalue weighted by atomic mass is 10.2. The zero-order chi connectivity index (χ0) is 15.5. The molecule has 114 valence electrons. The predicted octanol–water partition coefficient (Wildman–Crippen LogP) is 1.80. The minimum absolute atomic E-state index is 0.246. The number of rotatable bonds is 7. The van der Waals surface area contributed by atoms with Gasteiger partial charge in [-0.05, 0) is 12.5 Å². The van der Waals surface area contributed by atoms with Crippen molar-refractivity contribution >= 4 is 18.2 Å². The summed E-state index contributed by atoms with van der Waals surface area (Å²) in [6.07, 6.45) is 2.94. The summed E-state index contributed by atoms with van der Waals surface area (Å²) in [5.41, 5.74) is 0.246. The highest BCUT2D eigenvalue weighted by Crippen LogP contribution is 2.02. The second kappa shape index (κ2) is 9.46. The fourth-order valence-electron chi connectivity index (χ4n) is 1.36. The molecule has 0 spiro atoms. The molecule has 1 aromatic rings. The molecule has 0 aliphatic heterocycles. The van der Waals surface area contributed by atoms with Crippen molar-refractivity contribution in [3.63, 3.8) is 0 Å². The standard InChI is InChI=1S/C14H18FN3O3/c1-2-3-8-16-14(20)18-13(19)10-21-17-9-11-6-4-5-7-12(11)15/h4-7,9H,2-3,8,10H2,1H3,(H2,16,18,19,20)/b17-9-. The third-order valence-electron chi connectivity index (χ3n) is 2.44. The smallest absolute Gasteiger partial charge is 0.321 e. The molecule has 0 aromatic heterocycles. The highest BCUT2D eigenvalue weighted by Gasteiger charge is 2.06. The van der Waals surface area contributed by atoms with Gasteiger partial charge < -0.3 is 10.2 Å². The number of hydrogen-bond donors (Lipinski definition) is 2. The molecule has 0 saturated heterocycles. The van der Waals surface area contributed by atoms with Gasteiger partial charge in [0.05, 0.1) is 6.21 Å². The normalized spacial score (nSPS) is 10.4. The highest BCUT2D eigenvalue weighted by atomic mass is 19.1. The zero-order valence-corrected chi connectivity index (χ0v) is 11.8. The summed E-state index contributed by atoms with van der Waals surface area (Å²) in [7, 11) is 0. The number of oxime groups is 1. The van der Waals surface area contributed by atoms with Crippen LogP contribution in [0.1, 0.15) is 25.3 Å². The van der Waals surface area contributed by atoms with Crippen LogP contribution in [-0.2, 0) is 9.63 Å². The van der Waals surface area contributed by atoms with E-state index in [4.69, 9.17) is 4.84 Å². The summed E-state index contributed by atoms with van der Waals surface area (Å²) in [6, 6.07) is 5.43. The van der Waals surface area contributed by atoms with Crippen molar-refractivity contribution in [2.24, 2.45) is 5.16 Å². The maximum atomic E-state index is 13.2. The lowest BCUT2D eigenvalue weighted by Crippen LogP contribution is -2.41. The molecule has 1 aromatic carbocycles. The third-order valence-corrected chi connectivity index (χ3v) is 2.44. The minimum Gasteiger partial charge on any atom is -0.386 e. The van der Waals surface area contributed by atoms with E-state index in [-0.39, 0.29) is 5.56 Å². The van der Waals surface area contributed by atoms with Gasteiger partial charge in [-0.3, -0.25) is 10.1 Å². The van der Waals surface area contributed by atoms with Crippen LogP contribution in [0, 0.1) is 5.82 Å². The van der Waals surface area contributed by atoms with Gasteiger partial charge in [0.2, 0.25) is 0 Å². The largest absolute Gasteiger partial charge is 0.386 e. The molecule has 0 aliphatic rings. The molecular formula is C14H18FN3O3. The molecule has 0 bridgehead atoms. The SMILES string of the molecule is CCCCNC(=O)NC(=O)CO/N=C\c1ccccc1F. The van der Waals surface area contributed by atoms with Crippen molar-refractivity contribution in [3.8, 4) is 0 Å². The number of hydrogen-bond acceptors (Lipinski definition) is 4. The molecule has 0 heterocycles. The Labute approximate surface area is 122 Å². The molecule has 0 radical (unpaired) electrons. The predicted molar refractivity (Wildman–Crippen MR) is 76.4 cm³/mol. The van der Waals surface area contributed by atoms with E-state index < -0.39 is 24.4 Å². The molecule has 3 amide bonds. The van der Waals surface area contributed by atoms with E-state index in [1.165, 1.54) is 12.1 Å². The first kappa shape index (κ1) is 16.6. The lowest BCUT2D eigenvalue weighted by molar-refractivity contribution is -0.124. The molecule has 0 fully saturated rings. The number of nitrogens with zero attached hydrogens (tertiary/aromatic N) is 1. The summed E-state index contributed by atoms with van der Waals surface area (Å²) >= 11 is 0. The van der Waals surface area contributed by atoms with Crippen molar-refractivity contribution in [1.82, 2.24) is 10.6 Å². The van der Waals surface area contributed by atoms with Gasteiger partial charge in [0.15, 0.2) is 6.61 Å². The quantitative estimate of drug-likeness (QED) is 0.457. The van der Waals surface area contributed by atoms with E-state index in [2.05, 4.69) is 15.8 Å². The van der Waals surface area contributed by atoms with E-state index in [0.29, 0.717) is 6.54 Å². The van der Waals surface area contributed by atoms with E-state index >= 15 is 0 Å². The minimum atomic E-state index is -0.630. The van der Waals surface area contributed by atoms with Crippen LogP contribution in [-0.4, -0.2) is 31.3 Å². The van der Waals surface area contributed by atoms with Crippen LogP contribution in [0.3, 0.4) is 0 Å². The number of carbonyl (C=O) groups is 2. The second-order valence-corrected chi connectivity index (χ2v) is 4.19. The Morgan fingerprint density at radius 1 is 1.38 bits per heavy atom. The number of carbonyl (C=O) groups excluding carboxylic acids is 2. The molecule has 2 N–H and O–H groups in total. The lowest BCUT2D eigenvalue weighted by Gasteiger charge is -2.05. The van der Waals surface area contributed by atoms with Crippen LogP contribution >= 0.6 is 0 Å². The first-order valence-corrected chi connectivity index (χ1v) is 6.61. The number of imide groups is 1. The van der Waals surface area contributed by atoms with Gasteiger partial charge in [-0.2, -0.15) is 0 Å². The summed E-state index contributed by atoms with van der Waals surface area (Å²) in [5, 5.41) is 8.08. The number of halogens is 1. The zero-order valence-electron chi connectivity index (χ0n) is 11.8. The van der Waals surface area contributed by atoms with Crippen molar-refractivity contribution in [3.05, 3.63) is 35.6 Å². The fraction of sp³-hybridized carbons (Fsp3) is 0.357. The molecular weight excluding hydrogens is 277 g/mol. The van der Waals surface area contributed by atoms with Crippen molar-refractivity contribution < 1.29 is 18.8 Å². The summed E-state index contributed by atoms with van der Waals surface area (Å²) in [6.45, 7) is 2.07. The monoisotopic (exact) mass is 295 g/mol. The fourth-order valence-corrected chi connectivity index (χ4v) is 1.36. The van der Waals surface area contributed by atoms with Gasteiger partial charge in [0, 0.05) is 12.1 Å². The van der Waals surface area contributed by atoms with Crippen molar-refractivity contribution in [1.29, 1.82) is 0 Å². The van der Waals surface area contributed by atoms with Gasteiger partial charge >= 0.3 is 6.03 Å². The molecule has 6 nitrogen and oxygen atoms in total. The molecule has 0 saturated carbocycles. The van der Waals surface area contributed by atoms with E-state index in [1.807, 2.05) is 6.92 Å². The van der Waals surface area contributed by atoms with Gasteiger partial charge in [-0.15, -0.1) is 0 Å². The van der Waals surface area contributed by atoms with Gasteiger partial charge in [0.25, 0.3) is 5.91 Å². The first-order valence-electron chi connectivity index (χ1n) is 6.61. The third kappa shape index (κ3) is 7.05. The summed E-state index contributed by atoms with van der Waals surface area (Å²) in [5.74, 6) is -1.07. The molecule has 0 aliphatic carbocycles. The van der Waals surface area contributed by atoms with Crippen molar-refractivity contribution in [2.45, 2.75) is 19.8 Å². The average Bonchev–Trinajstić information content (AvgIpc) is 2.45. The van der Waals surface area contributed by atoms with Crippen LogP contribution in [0.15, 0.2) is 29.4 Å². The van der Waals surface area contributed by atoms with Gasteiger partial charge in [-0.25, -0.2) is 9.18 Å². The van der Waals surface area contributed by atoms with Gasteiger partial charge in [-0.1, -0.05) is 36.7 Å². The molecule has 0 unspecified atom stereocenters. The van der Waals surface area contributed by atoms with E-state index in [0.717, 1.165) is 19.1 Å². The molecule has 0 atom stereocenters. The van der Waals surface area contributed by atoms with Crippen LogP contribution < -0.4 is 10.6 Å². The maximum absolute atomic E-state index is 13.2. The Morgan fingerprint density at radius 2 is 2.14 bits per heavy atom. The Hall–Kier alpha value is -2.44. The number of unbranched alkanes of at least 4 members (excludes halogenated alkanes) is 1. The molecule has 21 heavy (non-hydrogen) atoms. The number of urea groups is 1.